The standard InChI is InChI=1S/C9H12O6S/c1-2-15-9(14)6(5-8(12)13)16-4-3-7(10)11/h5H,2-4H2,1H3,(H,10,11)(H,12,13)/b6-5+. The highest BCUT2D eigenvalue weighted by Crippen LogP contribution is 2.18. The summed E-state index contributed by atoms with van der Waals surface area (Å²) >= 11 is 0.851. The predicted molar refractivity (Wildman–Crippen MR) is 57.1 cm³/mol. The summed E-state index contributed by atoms with van der Waals surface area (Å²) < 4.78 is 4.62. The van der Waals surface area contributed by atoms with Crippen LogP contribution in [0.1, 0.15) is 13.3 Å². The number of aliphatic carboxylic acids is 2. The Labute approximate surface area is 96.3 Å². The third kappa shape index (κ3) is 6.88. The highest BCUT2D eigenvalue weighted by atomic mass is 32.2. The number of carbonyl (C=O) groups excluding carboxylic acids is 1. The zero-order valence-corrected chi connectivity index (χ0v) is 9.45. The molecule has 0 amide bonds. The number of carboxylic acids is 2. The van der Waals surface area contributed by atoms with Crippen LogP contribution in [0, 0.1) is 0 Å². The van der Waals surface area contributed by atoms with Crippen molar-refractivity contribution in [2.75, 3.05) is 12.4 Å². The second-order valence-corrected chi connectivity index (χ2v) is 3.70. The maximum absolute atomic E-state index is 11.2. The zero-order valence-electron chi connectivity index (χ0n) is 8.63. The maximum Gasteiger partial charge on any atom is 0.344 e. The molecule has 0 rings (SSSR count). The van der Waals surface area contributed by atoms with Crippen molar-refractivity contribution >= 4 is 29.7 Å². The van der Waals surface area contributed by atoms with E-state index in [-0.39, 0.29) is 23.7 Å². The molecular weight excluding hydrogens is 236 g/mol. The molecule has 7 heteroatoms. The van der Waals surface area contributed by atoms with Gasteiger partial charge < -0.3 is 14.9 Å². The van der Waals surface area contributed by atoms with Crippen molar-refractivity contribution < 1.29 is 29.3 Å². The lowest BCUT2D eigenvalue weighted by atomic mass is 10.5. The minimum absolute atomic E-state index is 0.101. The molecule has 0 aliphatic rings. The fraction of sp³-hybridized carbons (Fsp3) is 0.444. The quantitative estimate of drug-likeness (QED) is 0.505. The normalized spacial score (nSPS) is 10.9. The summed E-state index contributed by atoms with van der Waals surface area (Å²) in [6.07, 6.45) is 0.561. The average molecular weight is 248 g/mol. The molecule has 0 aliphatic carbocycles. The monoisotopic (exact) mass is 248 g/mol. The smallest absolute Gasteiger partial charge is 0.344 e. The third-order valence-electron chi connectivity index (χ3n) is 1.30. The number of thioether (sulfide) groups is 1. The number of rotatable bonds is 7. The minimum atomic E-state index is -1.27. The van der Waals surface area contributed by atoms with Crippen molar-refractivity contribution in [2.24, 2.45) is 0 Å². The first-order valence-corrected chi connectivity index (χ1v) is 5.42. The molecule has 6 nitrogen and oxygen atoms in total. The van der Waals surface area contributed by atoms with Crippen LogP contribution < -0.4 is 0 Å². The van der Waals surface area contributed by atoms with E-state index in [4.69, 9.17) is 10.2 Å². The summed E-state index contributed by atoms with van der Waals surface area (Å²) in [5.41, 5.74) is 0. The molecule has 0 aliphatic heterocycles. The molecule has 0 bridgehead atoms. The number of ether oxygens (including phenoxy) is 1. The van der Waals surface area contributed by atoms with Crippen LogP contribution in [0.5, 0.6) is 0 Å². The van der Waals surface area contributed by atoms with Crippen LogP contribution in [0.3, 0.4) is 0 Å². The second kappa shape index (κ2) is 7.75. The molecule has 0 aromatic rings. The molecule has 0 radical (unpaired) electrons. The molecule has 0 saturated carbocycles. The zero-order chi connectivity index (χ0) is 12.6. The Balaban J connectivity index is 4.38. The Bertz CT molecular complexity index is 309. The van der Waals surface area contributed by atoms with E-state index in [1.165, 1.54) is 0 Å². The van der Waals surface area contributed by atoms with E-state index in [0.29, 0.717) is 6.08 Å². The molecule has 2 N–H and O–H groups in total. The molecule has 0 saturated heterocycles. The Kier molecular flexibility index (Phi) is 7.02. The Hall–Kier alpha value is -1.50. The summed E-state index contributed by atoms with van der Waals surface area (Å²) in [5.74, 6) is -2.91. The summed E-state index contributed by atoms with van der Waals surface area (Å²) in [5, 5.41) is 16.9. The molecule has 0 aromatic carbocycles. The highest BCUT2D eigenvalue weighted by Gasteiger charge is 2.13. The number of hydrogen-bond acceptors (Lipinski definition) is 5. The van der Waals surface area contributed by atoms with Gasteiger partial charge in [-0.15, -0.1) is 11.8 Å². The maximum atomic E-state index is 11.2. The van der Waals surface area contributed by atoms with Crippen molar-refractivity contribution in [3.05, 3.63) is 11.0 Å². The Morgan fingerprint density at radius 2 is 1.94 bits per heavy atom. The number of hydrogen-bond donors (Lipinski definition) is 2. The van der Waals surface area contributed by atoms with Crippen LogP contribution in [0.2, 0.25) is 0 Å². The van der Waals surface area contributed by atoms with Crippen LogP contribution >= 0.6 is 11.8 Å². The molecule has 0 aromatic heterocycles. The molecule has 90 valence electrons. The Morgan fingerprint density at radius 3 is 2.38 bits per heavy atom. The average Bonchev–Trinajstić information content (AvgIpc) is 2.15. The van der Waals surface area contributed by atoms with Crippen molar-refractivity contribution in [3.8, 4) is 0 Å². The summed E-state index contributed by atoms with van der Waals surface area (Å²) in [7, 11) is 0. The molecule has 16 heavy (non-hydrogen) atoms. The van der Waals surface area contributed by atoms with E-state index in [1.807, 2.05) is 0 Å². The van der Waals surface area contributed by atoms with Crippen LogP contribution in [0.4, 0.5) is 0 Å². The van der Waals surface area contributed by atoms with Crippen molar-refractivity contribution in [1.29, 1.82) is 0 Å². The fourth-order valence-electron chi connectivity index (χ4n) is 0.722. The topological polar surface area (TPSA) is 101 Å². The first-order chi connectivity index (χ1) is 7.47. The lowest BCUT2D eigenvalue weighted by molar-refractivity contribution is -0.138. The second-order valence-electron chi connectivity index (χ2n) is 2.56. The van der Waals surface area contributed by atoms with Crippen molar-refractivity contribution in [1.82, 2.24) is 0 Å². The number of esters is 1. The van der Waals surface area contributed by atoms with Crippen LogP contribution in [-0.2, 0) is 19.1 Å². The predicted octanol–water partition coefficient (Wildman–Crippen LogP) is 0.726. The summed E-state index contributed by atoms with van der Waals surface area (Å²) in [4.78, 5) is 31.8. The third-order valence-corrected chi connectivity index (χ3v) is 2.31. The van der Waals surface area contributed by atoms with E-state index in [1.54, 1.807) is 6.92 Å². The van der Waals surface area contributed by atoms with Crippen molar-refractivity contribution in [2.45, 2.75) is 13.3 Å². The summed E-state index contributed by atoms with van der Waals surface area (Å²) in [6.45, 7) is 1.73. The van der Waals surface area contributed by atoms with Crippen LogP contribution in [-0.4, -0.2) is 40.5 Å². The van der Waals surface area contributed by atoms with Gasteiger partial charge in [0.25, 0.3) is 0 Å². The van der Waals surface area contributed by atoms with Gasteiger partial charge >= 0.3 is 17.9 Å². The number of carbonyl (C=O) groups is 3. The van der Waals surface area contributed by atoms with E-state index < -0.39 is 17.9 Å². The Morgan fingerprint density at radius 1 is 1.31 bits per heavy atom. The lowest BCUT2D eigenvalue weighted by Gasteiger charge is -2.04. The van der Waals surface area contributed by atoms with Gasteiger partial charge in [0.05, 0.1) is 17.9 Å². The van der Waals surface area contributed by atoms with Gasteiger partial charge in [-0.05, 0) is 6.92 Å². The number of carboxylic acid groups (broad SMARTS) is 2. The van der Waals surface area contributed by atoms with Gasteiger partial charge in [-0.1, -0.05) is 0 Å². The van der Waals surface area contributed by atoms with Gasteiger partial charge in [0.2, 0.25) is 0 Å². The van der Waals surface area contributed by atoms with Crippen molar-refractivity contribution in [3.63, 3.8) is 0 Å². The summed E-state index contributed by atoms with van der Waals surface area (Å²) in [6, 6.07) is 0. The molecule has 0 atom stereocenters. The molecule has 0 heterocycles. The first kappa shape index (κ1) is 14.5. The van der Waals surface area contributed by atoms with E-state index in [9.17, 15) is 14.4 Å². The fourth-order valence-corrected chi connectivity index (χ4v) is 1.58. The van der Waals surface area contributed by atoms with E-state index in [2.05, 4.69) is 4.74 Å². The lowest BCUT2D eigenvalue weighted by Crippen LogP contribution is -2.08. The SMILES string of the molecule is CCOC(=O)/C(=C\C(=O)O)SCCC(=O)O. The molecule has 0 fully saturated rings. The molecular formula is C9H12O6S. The van der Waals surface area contributed by atoms with Gasteiger partial charge in [0.1, 0.15) is 0 Å². The van der Waals surface area contributed by atoms with Gasteiger partial charge in [-0.25, -0.2) is 9.59 Å². The van der Waals surface area contributed by atoms with E-state index >= 15 is 0 Å². The highest BCUT2D eigenvalue weighted by molar-refractivity contribution is 8.04. The molecule has 0 spiro atoms. The van der Waals surface area contributed by atoms with Gasteiger partial charge in [0.15, 0.2) is 0 Å². The van der Waals surface area contributed by atoms with Gasteiger partial charge in [0, 0.05) is 11.8 Å². The van der Waals surface area contributed by atoms with Crippen LogP contribution in [0.15, 0.2) is 11.0 Å². The minimum Gasteiger partial charge on any atom is -0.481 e. The largest absolute Gasteiger partial charge is 0.481 e. The van der Waals surface area contributed by atoms with Gasteiger partial charge in [-0.2, -0.15) is 0 Å². The van der Waals surface area contributed by atoms with Gasteiger partial charge in [-0.3, -0.25) is 4.79 Å². The molecule has 0 unspecified atom stereocenters. The first-order valence-electron chi connectivity index (χ1n) is 4.43. The van der Waals surface area contributed by atoms with Crippen LogP contribution in [0.25, 0.3) is 0 Å². The van der Waals surface area contributed by atoms with E-state index in [0.717, 1.165) is 11.8 Å².